The molecule has 0 saturated carbocycles. The van der Waals surface area contributed by atoms with Gasteiger partial charge >= 0.3 is 5.97 Å². The van der Waals surface area contributed by atoms with Crippen LogP contribution in [-0.2, 0) is 23.0 Å². The van der Waals surface area contributed by atoms with Crippen LogP contribution >= 0.6 is 11.8 Å². The fourth-order valence-corrected chi connectivity index (χ4v) is 3.75. The molecule has 9 heteroatoms. The third-order valence-electron chi connectivity index (χ3n) is 4.78. The van der Waals surface area contributed by atoms with Crippen molar-refractivity contribution in [1.29, 1.82) is 0 Å². The summed E-state index contributed by atoms with van der Waals surface area (Å²) in [6.45, 7) is 4.02. The highest BCUT2D eigenvalue weighted by atomic mass is 32.2. The van der Waals surface area contributed by atoms with Crippen LogP contribution in [0.4, 0.5) is 5.69 Å². The molecule has 0 bridgehead atoms. The second-order valence-electron chi connectivity index (χ2n) is 7.07. The van der Waals surface area contributed by atoms with E-state index in [-0.39, 0.29) is 17.8 Å². The van der Waals surface area contributed by atoms with Crippen molar-refractivity contribution in [3.05, 3.63) is 65.5 Å². The molecule has 168 valence electrons. The Labute approximate surface area is 191 Å². The van der Waals surface area contributed by atoms with E-state index in [9.17, 15) is 9.59 Å². The molecule has 0 spiro atoms. The SMILES string of the molecule is CCc1ccc(OC(C)c2nnc(SCC(=O)Nc3cccc(C(=O)OC)c3)n2C)cc1. The van der Waals surface area contributed by atoms with Crippen LogP contribution in [0.1, 0.15) is 41.7 Å². The van der Waals surface area contributed by atoms with Gasteiger partial charge in [0.15, 0.2) is 17.1 Å². The highest BCUT2D eigenvalue weighted by molar-refractivity contribution is 7.99. The number of nitrogens with one attached hydrogen (secondary N) is 1. The van der Waals surface area contributed by atoms with Crippen molar-refractivity contribution < 1.29 is 19.1 Å². The normalized spacial score (nSPS) is 11.6. The van der Waals surface area contributed by atoms with E-state index in [0.717, 1.165) is 12.2 Å². The van der Waals surface area contributed by atoms with Crippen LogP contribution in [0.15, 0.2) is 53.7 Å². The van der Waals surface area contributed by atoms with Gasteiger partial charge in [-0.05, 0) is 49.2 Å². The van der Waals surface area contributed by atoms with Crippen LogP contribution in [0.25, 0.3) is 0 Å². The number of benzene rings is 2. The number of esters is 1. The minimum atomic E-state index is -0.459. The number of carbonyl (C=O) groups excluding carboxylic acids is 2. The number of nitrogens with zero attached hydrogens (tertiary/aromatic N) is 3. The number of aryl methyl sites for hydroxylation is 1. The average Bonchev–Trinajstić information content (AvgIpc) is 3.18. The van der Waals surface area contributed by atoms with Crippen molar-refractivity contribution in [3.63, 3.8) is 0 Å². The smallest absolute Gasteiger partial charge is 0.337 e. The number of hydrogen-bond donors (Lipinski definition) is 1. The van der Waals surface area contributed by atoms with Crippen LogP contribution in [-0.4, -0.2) is 39.5 Å². The van der Waals surface area contributed by atoms with Gasteiger partial charge in [-0.2, -0.15) is 0 Å². The summed E-state index contributed by atoms with van der Waals surface area (Å²) >= 11 is 1.27. The standard InChI is InChI=1S/C23H26N4O4S/c1-5-16-9-11-19(12-10-16)31-15(2)21-25-26-23(27(21)3)32-14-20(28)24-18-8-6-7-17(13-18)22(29)30-4/h6-13,15H,5,14H2,1-4H3,(H,24,28). The van der Waals surface area contributed by atoms with Gasteiger partial charge in [0, 0.05) is 12.7 Å². The third-order valence-corrected chi connectivity index (χ3v) is 5.80. The highest BCUT2D eigenvalue weighted by Gasteiger charge is 2.18. The molecule has 1 heterocycles. The number of carbonyl (C=O) groups is 2. The summed E-state index contributed by atoms with van der Waals surface area (Å²) in [5.41, 5.74) is 2.14. The maximum Gasteiger partial charge on any atom is 0.337 e. The maximum absolute atomic E-state index is 12.4. The zero-order chi connectivity index (χ0) is 23.1. The van der Waals surface area contributed by atoms with Gasteiger partial charge in [-0.3, -0.25) is 4.79 Å². The predicted molar refractivity (Wildman–Crippen MR) is 123 cm³/mol. The molecule has 1 amide bonds. The quantitative estimate of drug-likeness (QED) is 0.385. The van der Waals surface area contributed by atoms with E-state index in [1.807, 2.05) is 42.8 Å². The molecular formula is C23H26N4O4S. The van der Waals surface area contributed by atoms with Gasteiger partial charge in [0.2, 0.25) is 5.91 Å². The monoisotopic (exact) mass is 454 g/mol. The molecule has 32 heavy (non-hydrogen) atoms. The lowest BCUT2D eigenvalue weighted by molar-refractivity contribution is -0.113. The number of anilines is 1. The van der Waals surface area contributed by atoms with Gasteiger partial charge in [-0.1, -0.05) is 36.9 Å². The molecule has 3 aromatic rings. The molecule has 0 saturated heterocycles. The van der Waals surface area contributed by atoms with Crippen molar-refractivity contribution >= 4 is 29.3 Å². The van der Waals surface area contributed by atoms with Crippen molar-refractivity contribution in [1.82, 2.24) is 14.8 Å². The van der Waals surface area contributed by atoms with Gasteiger partial charge in [0.1, 0.15) is 5.75 Å². The van der Waals surface area contributed by atoms with Crippen LogP contribution in [0, 0.1) is 0 Å². The van der Waals surface area contributed by atoms with Crippen molar-refractivity contribution in [2.24, 2.45) is 7.05 Å². The minimum Gasteiger partial charge on any atom is -0.483 e. The topological polar surface area (TPSA) is 95.3 Å². The summed E-state index contributed by atoms with van der Waals surface area (Å²) in [6, 6.07) is 14.6. The Morgan fingerprint density at radius 2 is 1.91 bits per heavy atom. The molecule has 1 N–H and O–H groups in total. The molecule has 8 nitrogen and oxygen atoms in total. The Bertz CT molecular complexity index is 1080. The first-order valence-electron chi connectivity index (χ1n) is 10.2. The maximum atomic E-state index is 12.4. The molecule has 1 aromatic heterocycles. The molecule has 1 atom stereocenters. The number of methoxy groups -OCH3 is 1. The molecule has 0 aliphatic rings. The molecular weight excluding hydrogens is 428 g/mol. The van der Waals surface area contributed by atoms with Crippen molar-refractivity contribution in [2.45, 2.75) is 31.5 Å². The lowest BCUT2D eigenvalue weighted by atomic mass is 10.2. The Kier molecular flexibility index (Phi) is 7.88. The van der Waals surface area contributed by atoms with Crippen LogP contribution in [0.3, 0.4) is 0 Å². The molecule has 0 radical (unpaired) electrons. The van der Waals surface area contributed by atoms with E-state index in [4.69, 9.17) is 9.47 Å². The second-order valence-corrected chi connectivity index (χ2v) is 8.01. The molecule has 2 aromatic carbocycles. The second kappa shape index (κ2) is 10.8. The number of aromatic nitrogens is 3. The summed E-state index contributed by atoms with van der Waals surface area (Å²) in [5.74, 6) is 0.891. The fraction of sp³-hybridized carbons (Fsp3) is 0.304. The van der Waals surface area contributed by atoms with Crippen LogP contribution in [0.5, 0.6) is 5.75 Å². The third kappa shape index (κ3) is 5.88. The lowest BCUT2D eigenvalue weighted by Gasteiger charge is -2.14. The first-order valence-corrected chi connectivity index (χ1v) is 11.2. The van der Waals surface area contributed by atoms with Gasteiger partial charge in [-0.15, -0.1) is 10.2 Å². The van der Waals surface area contributed by atoms with Crippen molar-refractivity contribution in [3.8, 4) is 5.75 Å². The molecule has 1 unspecified atom stereocenters. The predicted octanol–water partition coefficient (Wildman–Crippen LogP) is 4.03. The van der Waals surface area contributed by atoms with Gasteiger partial charge < -0.3 is 19.4 Å². The molecule has 0 fully saturated rings. The Morgan fingerprint density at radius 1 is 1.16 bits per heavy atom. The number of hydrogen-bond acceptors (Lipinski definition) is 7. The van der Waals surface area contributed by atoms with Gasteiger partial charge in [0.05, 0.1) is 18.4 Å². The summed E-state index contributed by atoms with van der Waals surface area (Å²) in [6.07, 6.45) is 0.675. The number of rotatable bonds is 9. The van der Waals surface area contributed by atoms with E-state index >= 15 is 0 Å². The summed E-state index contributed by atoms with van der Waals surface area (Å²) in [7, 11) is 3.16. The Hall–Kier alpha value is -3.33. The first kappa shape index (κ1) is 23.3. The number of ether oxygens (including phenoxy) is 2. The minimum absolute atomic E-state index is 0.141. The van der Waals surface area contributed by atoms with E-state index in [0.29, 0.717) is 22.2 Å². The van der Waals surface area contributed by atoms with Gasteiger partial charge in [-0.25, -0.2) is 4.79 Å². The van der Waals surface area contributed by atoms with E-state index in [1.165, 1.54) is 24.4 Å². The van der Waals surface area contributed by atoms with Crippen molar-refractivity contribution in [2.75, 3.05) is 18.2 Å². The van der Waals surface area contributed by atoms with Crippen LogP contribution < -0.4 is 10.1 Å². The van der Waals surface area contributed by atoms with E-state index in [2.05, 4.69) is 22.4 Å². The van der Waals surface area contributed by atoms with E-state index < -0.39 is 5.97 Å². The summed E-state index contributed by atoms with van der Waals surface area (Å²) in [4.78, 5) is 24.0. The van der Waals surface area contributed by atoms with Gasteiger partial charge in [0.25, 0.3) is 0 Å². The Morgan fingerprint density at radius 3 is 2.59 bits per heavy atom. The molecule has 3 rings (SSSR count). The zero-order valence-corrected chi connectivity index (χ0v) is 19.3. The first-order chi connectivity index (χ1) is 15.4. The average molecular weight is 455 g/mol. The number of thioether (sulfide) groups is 1. The molecule has 0 aliphatic heterocycles. The molecule has 0 aliphatic carbocycles. The van der Waals surface area contributed by atoms with Crippen LogP contribution in [0.2, 0.25) is 0 Å². The fourth-order valence-electron chi connectivity index (χ4n) is 3.04. The Balaban J connectivity index is 1.57. The zero-order valence-electron chi connectivity index (χ0n) is 18.5. The highest BCUT2D eigenvalue weighted by Crippen LogP contribution is 2.24. The summed E-state index contributed by atoms with van der Waals surface area (Å²) in [5, 5.41) is 11.8. The van der Waals surface area contributed by atoms with E-state index in [1.54, 1.807) is 24.3 Å². The largest absolute Gasteiger partial charge is 0.483 e. The number of amides is 1. The lowest BCUT2D eigenvalue weighted by Crippen LogP contribution is -2.15. The summed E-state index contributed by atoms with van der Waals surface area (Å²) < 4.78 is 12.5.